The Bertz CT molecular complexity index is 989. The van der Waals surface area contributed by atoms with Gasteiger partial charge in [-0.2, -0.15) is 4.31 Å². The van der Waals surface area contributed by atoms with E-state index in [1.165, 1.54) is 11.4 Å². The molecule has 1 aliphatic rings. The van der Waals surface area contributed by atoms with Gasteiger partial charge in [-0.25, -0.2) is 8.42 Å². The lowest BCUT2D eigenvalue weighted by Gasteiger charge is -2.41. The fourth-order valence-electron chi connectivity index (χ4n) is 4.17. The molecule has 0 aliphatic carbocycles. The highest BCUT2D eigenvalue weighted by molar-refractivity contribution is 14.1. The van der Waals surface area contributed by atoms with Crippen molar-refractivity contribution in [2.24, 2.45) is 0 Å². The average Bonchev–Trinajstić information content (AvgIpc) is 2.88. The number of hydrogen-bond donors (Lipinski definition) is 0. The predicted octanol–water partition coefficient (Wildman–Crippen LogP) is 4.13. The minimum Gasteiger partial charge on any atom is -0.468 e. The topological polar surface area (TPSA) is 63.7 Å². The summed E-state index contributed by atoms with van der Waals surface area (Å²) >= 11 is 2.26. The number of hydrogen-bond acceptors (Lipinski definition) is 4. The van der Waals surface area contributed by atoms with Crippen LogP contribution in [-0.2, 0) is 26.0 Å². The van der Waals surface area contributed by atoms with Crippen LogP contribution in [0.4, 0.5) is 0 Å². The number of benzene rings is 2. The Morgan fingerprint density at radius 1 is 1.14 bits per heavy atom. The largest absolute Gasteiger partial charge is 0.468 e. The zero-order valence-electron chi connectivity index (χ0n) is 17.1. The Morgan fingerprint density at radius 2 is 1.72 bits per heavy atom. The molecule has 0 unspecified atom stereocenters. The minimum atomic E-state index is -3.95. The van der Waals surface area contributed by atoms with Gasteiger partial charge in [-0.3, -0.25) is 4.79 Å². The molecule has 1 fully saturated rings. The number of sulfonamides is 1. The van der Waals surface area contributed by atoms with Crippen molar-refractivity contribution in [3.05, 3.63) is 65.7 Å². The van der Waals surface area contributed by atoms with E-state index in [0.29, 0.717) is 6.42 Å². The lowest BCUT2D eigenvalue weighted by atomic mass is 9.89. The molecule has 0 amide bonds. The zero-order valence-corrected chi connectivity index (χ0v) is 20.0. The third kappa shape index (κ3) is 3.84. The molecule has 2 atom stereocenters. The van der Waals surface area contributed by atoms with Gasteiger partial charge in [0.1, 0.15) is 5.54 Å². The maximum Gasteiger partial charge on any atom is 0.327 e. The van der Waals surface area contributed by atoms with E-state index >= 15 is 0 Å². The Hall–Kier alpha value is -1.45. The van der Waals surface area contributed by atoms with Crippen LogP contribution in [0.3, 0.4) is 0 Å². The van der Waals surface area contributed by atoms with Crippen LogP contribution in [0, 0.1) is 6.92 Å². The van der Waals surface area contributed by atoms with Gasteiger partial charge in [-0.1, -0.05) is 70.6 Å². The summed E-state index contributed by atoms with van der Waals surface area (Å²) in [6.45, 7) is 5.67. The molecule has 2 aromatic rings. The van der Waals surface area contributed by atoms with Crippen molar-refractivity contribution < 1.29 is 17.9 Å². The highest BCUT2D eigenvalue weighted by atomic mass is 127. The van der Waals surface area contributed by atoms with Crippen molar-refractivity contribution in [1.82, 2.24) is 4.31 Å². The summed E-state index contributed by atoms with van der Waals surface area (Å²) in [6.07, 6.45) is 0.641. The molecular formula is C22H26INO4S. The van der Waals surface area contributed by atoms with Crippen LogP contribution in [0.25, 0.3) is 0 Å². The number of methoxy groups -OCH3 is 1. The molecule has 0 radical (unpaired) electrons. The van der Waals surface area contributed by atoms with E-state index in [0.717, 1.165) is 11.1 Å². The van der Waals surface area contributed by atoms with Crippen molar-refractivity contribution in [1.29, 1.82) is 0 Å². The molecule has 0 bridgehead atoms. The molecule has 3 rings (SSSR count). The van der Waals surface area contributed by atoms with Crippen molar-refractivity contribution in [2.75, 3.05) is 7.11 Å². The van der Waals surface area contributed by atoms with Gasteiger partial charge < -0.3 is 4.74 Å². The van der Waals surface area contributed by atoms with Crippen LogP contribution in [0.15, 0.2) is 59.5 Å². The first-order valence-corrected chi connectivity index (χ1v) is 12.1. The first-order valence-electron chi connectivity index (χ1n) is 9.44. The molecule has 0 aromatic heterocycles. The van der Waals surface area contributed by atoms with E-state index in [9.17, 15) is 13.2 Å². The van der Waals surface area contributed by atoms with Gasteiger partial charge in [0.05, 0.1) is 12.0 Å². The maximum atomic E-state index is 13.8. The normalized spacial score (nSPS) is 24.4. The molecule has 29 heavy (non-hydrogen) atoms. The summed E-state index contributed by atoms with van der Waals surface area (Å²) < 4.78 is 34.2. The summed E-state index contributed by atoms with van der Waals surface area (Å²) in [6, 6.07) is 16.3. The van der Waals surface area contributed by atoms with Crippen LogP contribution >= 0.6 is 22.6 Å². The average molecular weight is 527 g/mol. The molecule has 0 spiro atoms. The Kier molecular flexibility index (Phi) is 6.13. The van der Waals surface area contributed by atoms with E-state index < -0.39 is 27.1 Å². The Morgan fingerprint density at radius 3 is 2.28 bits per heavy atom. The molecule has 156 valence electrons. The lowest BCUT2D eigenvalue weighted by Crippen LogP contribution is -2.60. The van der Waals surface area contributed by atoms with Gasteiger partial charge in [-0.05, 0) is 44.9 Å². The highest BCUT2D eigenvalue weighted by Crippen LogP contribution is 2.50. The second-order valence-corrected chi connectivity index (χ2v) is 11.4. The van der Waals surface area contributed by atoms with E-state index in [-0.39, 0.29) is 15.2 Å². The summed E-state index contributed by atoms with van der Waals surface area (Å²) in [4.78, 5) is 13.4. The standard InChI is InChI=1S/C22H26INO4S/c1-16-10-12-18(13-11-16)29(26,27)24-21(2,3)19(23)15-22(24,20(25)28-4)14-17-8-6-5-7-9-17/h5-13,19H,14-15H2,1-4H3/t19-,22+/m0/s1. The second kappa shape index (κ2) is 8.00. The number of aryl methyl sites for hydroxylation is 1. The fourth-order valence-corrected chi connectivity index (χ4v) is 7.48. The van der Waals surface area contributed by atoms with Gasteiger partial charge in [0, 0.05) is 15.9 Å². The number of esters is 1. The summed E-state index contributed by atoms with van der Waals surface area (Å²) in [5, 5.41) is 0. The quantitative estimate of drug-likeness (QED) is 0.334. The number of carbonyl (C=O) groups is 1. The number of halogens is 1. The molecule has 0 N–H and O–H groups in total. The number of carbonyl (C=O) groups excluding carboxylic acids is 1. The first kappa shape index (κ1) is 22.2. The molecule has 1 saturated heterocycles. The van der Waals surface area contributed by atoms with Crippen molar-refractivity contribution in [3.8, 4) is 0 Å². The maximum absolute atomic E-state index is 13.8. The van der Waals surface area contributed by atoms with Crippen LogP contribution in [0.5, 0.6) is 0 Å². The van der Waals surface area contributed by atoms with E-state index in [1.807, 2.05) is 51.1 Å². The Labute approximate surface area is 186 Å². The number of nitrogens with zero attached hydrogens (tertiary/aromatic N) is 1. The fraction of sp³-hybridized carbons (Fsp3) is 0.409. The van der Waals surface area contributed by atoms with Crippen LogP contribution in [-0.4, -0.2) is 40.8 Å². The molecule has 7 heteroatoms. The predicted molar refractivity (Wildman–Crippen MR) is 122 cm³/mol. The second-order valence-electron chi connectivity index (χ2n) is 8.09. The van der Waals surface area contributed by atoms with Gasteiger partial charge >= 0.3 is 5.97 Å². The SMILES string of the molecule is COC(=O)[C@@]1(Cc2ccccc2)C[C@H](I)C(C)(C)N1S(=O)(=O)c1ccc(C)cc1. The number of alkyl halides is 1. The molecule has 0 saturated carbocycles. The van der Waals surface area contributed by atoms with Gasteiger partial charge in [-0.15, -0.1) is 0 Å². The smallest absolute Gasteiger partial charge is 0.327 e. The molecule has 1 aliphatic heterocycles. The highest BCUT2D eigenvalue weighted by Gasteiger charge is 2.64. The van der Waals surface area contributed by atoms with Crippen LogP contribution in [0.1, 0.15) is 31.4 Å². The Balaban J connectivity index is 2.22. The number of rotatable bonds is 5. The van der Waals surface area contributed by atoms with Crippen LogP contribution < -0.4 is 0 Å². The summed E-state index contributed by atoms with van der Waals surface area (Å²) in [5.74, 6) is -0.524. The lowest BCUT2D eigenvalue weighted by molar-refractivity contribution is -0.152. The first-order chi connectivity index (χ1) is 13.6. The molecule has 5 nitrogen and oxygen atoms in total. The van der Waals surface area contributed by atoms with Crippen molar-refractivity contribution >= 4 is 38.6 Å². The monoisotopic (exact) mass is 527 g/mol. The van der Waals surface area contributed by atoms with Gasteiger partial charge in [0.15, 0.2) is 0 Å². The molecular weight excluding hydrogens is 501 g/mol. The third-order valence-corrected chi connectivity index (χ3v) is 9.79. The van der Waals surface area contributed by atoms with Gasteiger partial charge in [0.2, 0.25) is 10.0 Å². The summed E-state index contributed by atoms with van der Waals surface area (Å²) in [5.41, 5.74) is -0.217. The third-order valence-electron chi connectivity index (χ3n) is 5.66. The summed E-state index contributed by atoms with van der Waals surface area (Å²) in [7, 11) is -2.63. The van der Waals surface area contributed by atoms with Gasteiger partial charge in [0.25, 0.3) is 0 Å². The van der Waals surface area contributed by atoms with E-state index in [4.69, 9.17) is 4.74 Å². The van der Waals surface area contributed by atoms with Crippen molar-refractivity contribution in [3.63, 3.8) is 0 Å². The molecule has 1 heterocycles. The molecule has 2 aromatic carbocycles. The number of ether oxygens (including phenoxy) is 1. The minimum absolute atomic E-state index is 0.0665. The van der Waals surface area contributed by atoms with E-state index in [2.05, 4.69) is 22.6 Å². The zero-order chi connectivity index (χ0) is 21.4. The van der Waals surface area contributed by atoms with Crippen molar-refractivity contribution in [2.45, 2.75) is 53.5 Å². The van der Waals surface area contributed by atoms with Crippen LogP contribution in [0.2, 0.25) is 0 Å². The van der Waals surface area contributed by atoms with E-state index in [1.54, 1.807) is 24.3 Å².